The number of aromatic amines is 1. The average molecular weight is 247 g/mol. The van der Waals surface area contributed by atoms with E-state index in [0.717, 1.165) is 16.6 Å². The van der Waals surface area contributed by atoms with Crippen molar-refractivity contribution < 1.29 is 9.90 Å². The zero-order chi connectivity index (χ0) is 13.1. The van der Waals surface area contributed by atoms with E-state index < -0.39 is 12.0 Å². The summed E-state index contributed by atoms with van der Waals surface area (Å²) in [5.41, 5.74) is 1.91. The van der Waals surface area contributed by atoms with Gasteiger partial charge in [0.05, 0.1) is 0 Å². The number of rotatable bonds is 5. The number of carbonyl (C=O) groups is 1. The van der Waals surface area contributed by atoms with E-state index in [1.165, 1.54) is 0 Å². The van der Waals surface area contributed by atoms with Crippen molar-refractivity contribution in [2.45, 2.75) is 25.9 Å². The number of H-pyrrole nitrogens is 1. The van der Waals surface area contributed by atoms with Crippen LogP contribution in [0.2, 0.25) is 0 Å². The molecule has 5 heteroatoms. The molecule has 2 rings (SSSR count). The molecule has 0 aliphatic heterocycles. The summed E-state index contributed by atoms with van der Waals surface area (Å²) in [6, 6.07) is 3.42. The van der Waals surface area contributed by atoms with E-state index in [-0.39, 0.29) is 0 Å². The topological polar surface area (TPSA) is 69.2 Å². The molecular weight excluding hydrogens is 230 g/mol. The van der Waals surface area contributed by atoms with Gasteiger partial charge in [0.1, 0.15) is 11.7 Å². The fraction of sp³-hybridized carbons (Fsp3) is 0.385. The fourth-order valence-corrected chi connectivity index (χ4v) is 2.20. The Balaban J connectivity index is 2.21. The van der Waals surface area contributed by atoms with Gasteiger partial charge >= 0.3 is 5.97 Å². The molecule has 96 valence electrons. The van der Waals surface area contributed by atoms with Crippen molar-refractivity contribution in [2.75, 3.05) is 7.05 Å². The third-order valence-electron chi connectivity index (χ3n) is 3.16. The molecule has 0 amide bonds. The first-order valence-electron chi connectivity index (χ1n) is 5.97. The van der Waals surface area contributed by atoms with Gasteiger partial charge < -0.3 is 10.1 Å². The molecule has 0 aliphatic carbocycles. The molecule has 0 radical (unpaired) electrons. The van der Waals surface area contributed by atoms with Crippen molar-refractivity contribution >= 4 is 17.0 Å². The number of likely N-dealkylation sites (N-methyl/N-ethyl adjacent to an activating group) is 1. The van der Waals surface area contributed by atoms with Crippen LogP contribution in [-0.2, 0) is 11.3 Å². The molecule has 18 heavy (non-hydrogen) atoms. The van der Waals surface area contributed by atoms with Gasteiger partial charge in [0.15, 0.2) is 0 Å². The molecule has 5 nitrogen and oxygen atoms in total. The highest BCUT2D eigenvalue weighted by Crippen LogP contribution is 2.18. The van der Waals surface area contributed by atoms with Crippen molar-refractivity contribution in [3.63, 3.8) is 0 Å². The lowest BCUT2D eigenvalue weighted by atomic mass is 10.1. The quantitative estimate of drug-likeness (QED) is 0.846. The molecule has 0 bridgehead atoms. The summed E-state index contributed by atoms with van der Waals surface area (Å²) in [6.07, 6.45) is 4.22. The van der Waals surface area contributed by atoms with E-state index in [1.807, 2.05) is 37.2 Å². The smallest absolute Gasteiger partial charge is 0.320 e. The van der Waals surface area contributed by atoms with Crippen LogP contribution in [0.5, 0.6) is 0 Å². The largest absolute Gasteiger partial charge is 0.480 e. The summed E-state index contributed by atoms with van der Waals surface area (Å²) in [5.74, 6) is -0.780. The maximum absolute atomic E-state index is 11.1. The summed E-state index contributed by atoms with van der Waals surface area (Å²) in [7, 11) is 1.83. The summed E-state index contributed by atoms with van der Waals surface area (Å²) in [6.45, 7) is 2.47. The van der Waals surface area contributed by atoms with Gasteiger partial charge in [-0.15, -0.1) is 0 Å². The SMILES string of the molecule is CCC(C(=O)O)N(C)Cc1c[nH]c2ncccc12. The van der Waals surface area contributed by atoms with Crippen LogP contribution in [-0.4, -0.2) is 39.0 Å². The maximum Gasteiger partial charge on any atom is 0.320 e. The van der Waals surface area contributed by atoms with Crippen LogP contribution in [0.25, 0.3) is 11.0 Å². The molecule has 0 aliphatic rings. The molecule has 2 heterocycles. The van der Waals surface area contributed by atoms with Gasteiger partial charge in [-0.3, -0.25) is 9.69 Å². The number of pyridine rings is 1. The Morgan fingerprint density at radius 1 is 1.61 bits per heavy atom. The fourth-order valence-electron chi connectivity index (χ4n) is 2.20. The third kappa shape index (κ3) is 2.36. The van der Waals surface area contributed by atoms with Gasteiger partial charge in [-0.05, 0) is 31.2 Å². The Hall–Kier alpha value is -1.88. The van der Waals surface area contributed by atoms with Crippen molar-refractivity contribution in [2.24, 2.45) is 0 Å². The van der Waals surface area contributed by atoms with Crippen LogP contribution in [0.1, 0.15) is 18.9 Å². The van der Waals surface area contributed by atoms with Crippen LogP contribution < -0.4 is 0 Å². The van der Waals surface area contributed by atoms with Crippen LogP contribution in [0.3, 0.4) is 0 Å². The average Bonchev–Trinajstić information content (AvgIpc) is 2.73. The predicted molar refractivity (Wildman–Crippen MR) is 69.3 cm³/mol. The Labute approximate surface area is 105 Å². The van der Waals surface area contributed by atoms with Gasteiger partial charge in [-0.2, -0.15) is 0 Å². The standard InChI is InChI=1S/C13H17N3O2/c1-3-11(13(17)18)16(2)8-9-7-15-12-10(9)5-4-6-14-12/h4-7,11H,3,8H2,1-2H3,(H,14,15)(H,17,18). The first-order valence-corrected chi connectivity index (χ1v) is 5.97. The summed E-state index contributed by atoms with van der Waals surface area (Å²) in [4.78, 5) is 20.3. The predicted octanol–water partition coefficient (Wildman–Crippen LogP) is 1.86. The molecule has 0 saturated heterocycles. The molecule has 2 aromatic rings. The third-order valence-corrected chi connectivity index (χ3v) is 3.16. The zero-order valence-corrected chi connectivity index (χ0v) is 10.6. The number of hydrogen-bond acceptors (Lipinski definition) is 3. The summed E-state index contributed by atoms with van der Waals surface area (Å²) < 4.78 is 0. The lowest BCUT2D eigenvalue weighted by Crippen LogP contribution is -2.37. The number of fused-ring (bicyclic) bond motifs is 1. The number of nitrogens with zero attached hydrogens (tertiary/aromatic N) is 2. The number of aromatic nitrogens is 2. The molecular formula is C13H17N3O2. The van der Waals surface area contributed by atoms with Crippen molar-refractivity contribution in [3.05, 3.63) is 30.1 Å². The van der Waals surface area contributed by atoms with Crippen molar-refractivity contribution in [1.29, 1.82) is 0 Å². The van der Waals surface area contributed by atoms with Gasteiger partial charge in [0, 0.05) is 24.3 Å². The van der Waals surface area contributed by atoms with Crippen molar-refractivity contribution in [1.82, 2.24) is 14.9 Å². The van der Waals surface area contributed by atoms with Gasteiger partial charge in [0.2, 0.25) is 0 Å². The molecule has 0 aromatic carbocycles. The molecule has 0 fully saturated rings. The minimum Gasteiger partial charge on any atom is -0.480 e. The Bertz CT molecular complexity index is 550. The second kappa shape index (κ2) is 5.18. The zero-order valence-electron chi connectivity index (χ0n) is 10.6. The lowest BCUT2D eigenvalue weighted by molar-refractivity contribution is -0.143. The van der Waals surface area contributed by atoms with E-state index >= 15 is 0 Å². The normalized spacial score (nSPS) is 13.1. The van der Waals surface area contributed by atoms with Crippen LogP contribution in [0.15, 0.2) is 24.5 Å². The lowest BCUT2D eigenvalue weighted by Gasteiger charge is -2.23. The minimum atomic E-state index is -0.780. The highest BCUT2D eigenvalue weighted by molar-refractivity contribution is 5.79. The summed E-state index contributed by atoms with van der Waals surface area (Å²) in [5, 5.41) is 10.2. The Morgan fingerprint density at radius 3 is 3.06 bits per heavy atom. The van der Waals surface area contributed by atoms with Gasteiger partial charge in [-0.1, -0.05) is 6.92 Å². The number of nitrogens with one attached hydrogen (secondary N) is 1. The second-order valence-electron chi connectivity index (χ2n) is 4.39. The van der Waals surface area contributed by atoms with Gasteiger partial charge in [-0.25, -0.2) is 4.98 Å². The number of aliphatic carboxylic acids is 1. The van der Waals surface area contributed by atoms with E-state index in [2.05, 4.69) is 9.97 Å². The Morgan fingerprint density at radius 2 is 2.39 bits per heavy atom. The van der Waals surface area contributed by atoms with E-state index in [0.29, 0.717) is 13.0 Å². The van der Waals surface area contributed by atoms with Gasteiger partial charge in [0.25, 0.3) is 0 Å². The molecule has 1 unspecified atom stereocenters. The molecule has 0 spiro atoms. The number of carboxylic acids is 1. The molecule has 0 saturated carbocycles. The second-order valence-corrected chi connectivity index (χ2v) is 4.39. The first-order chi connectivity index (χ1) is 8.63. The highest BCUT2D eigenvalue weighted by atomic mass is 16.4. The molecule has 1 atom stereocenters. The number of hydrogen-bond donors (Lipinski definition) is 2. The highest BCUT2D eigenvalue weighted by Gasteiger charge is 2.21. The maximum atomic E-state index is 11.1. The van der Waals surface area contributed by atoms with Crippen LogP contribution in [0, 0.1) is 0 Å². The number of carboxylic acid groups (broad SMARTS) is 1. The minimum absolute atomic E-state index is 0.452. The van der Waals surface area contributed by atoms with E-state index in [1.54, 1.807) is 6.20 Å². The van der Waals surface area contributed by atoms with Crippen molar-refractivity contribution in [3.8, 4) is 0 Å². The monoisotopic (exact) mass is 247 g/mol. The molecule has 2 N–H and O–H groups in total. The van der Waals surface area contributed by atoms with E-state index in [4.69, 9.17) is 5.11 Å². The summed E-state index contributed by atoms with van der Waals surface area (Å²) >= 11 is 0. The van der Waals surface area contributed by atoms with E-state index in [9.17, 15) is 4.79 Å². The van der Waals surface area contributed by atoms with Crippen LogP contribution in [0.4, 0.5) is 0 Å². The molecule has 2 aromatic heterocycles. The first kappa shape index (κ1) is 12.6. The van der Waals surface area contributed by atoms with Crippen LogP contribution >= 0.6 is 0 Å². The Kier molecular flexibility index (Phi) is 3.62.